The first-order chi connectivity index (χ1) is 15.3. The topological polar surface area (TPSA) is 64.3 Å². The Balaban J connectivity index is 1.36. The van der Waals surface area contributed by atoms with Crippen molar-refractivity contribution in [3.63, 3.8) is 0 Å². The normalized spacial score (nSPS) is 12.3. The smallest absolute Gasteiger partial charge is 0.416 e. The standard InChI is InChI=1S/C25H19F3N2O2/c26-25(27,28)17-11-12-23(29)16(14-17)6-5-13-30-24(31)32-15-22-20-9-3-1-7-18(20)19-8-2-4-10-21(19)22/h1-4,7-12,14,22H,13,15,29H2,(H,30,31). The second-order valence-corrected chi connectivity index (χ2v) is 7.28. The maximum atomic E-state index is 12.8. The predicted molar refractivity (Wildman–Crippen MR) is 116 cm³/mol. The van der Waals surface area contributed by atoms with Crippen LogP contribution in [0.2, 0.25) is 0 Å². The Hall–Kier alpha value is -3.92. The number of rotatable bonds is 3. The Morgan fingerprint density at radius 3 is 2.25 bits per heavy atom. The first-order valence-electron chi connectivity index (χ1n) is 9.89. The zero-order chi connectivity index (χ0) is 22.7. The van der Waals surface area contributed by atoms with Crippen LogP contribution in [0.3, 0.4) is 0 Å². The SMILES string of the molecule is Nc1ccc(C(F)(F)F)cc1C#CCNC(=O)OCC1c2ccccc2-c2ccccc21. The molecule has 3 N–H and O–H groups in total. The number of hydrogen-bond donors (Lipinski definition) is 2. The largest absolute Gasteiger partial charge is 0.449 e. The number of anilines is 1. The number of ether oxygens (including phenoxy) is 1. The first-order valence-corrected chi connectivity index (χ1v) is 9.89. The second-order valence-electron chi connectivity index (χ2n) is 7.28. The lowest BCUT2D eigenvalue weighted by atomic mass is 9.98. The molecule has 3 aromatic rings. The van der Waals surface area contributed by atoms with Crippen LogP contribution in [-0.2, 0) is 10.9 Å². The molecule has 0 saturated carbocycles. The van der Waals surface area contributed by atoms with Crippen molar-refractivity contribution in [1.82, 2.24) is 5.32 Å². The lowest BCUT2D eigenvalue weighted by Gasteiger charge is -2.14. The van der Waals surface area contributed by atoms with E-state index in [1.807, 2.05) is 48.5 Å². The summed E-state index contributed by atoms with van der Waals surface area (Å²) in [5, 5.41) is 2.49. The number of hydrogen-bond acceptors (Lipinski definition) is 3. The van der Waals surface area contributed by atoms with Gasteiger partial charge in [0.15, 0.2) is 0 Å². The van der Waals surface area contributed by atoms with Crippen molar-refractivity contribution in [3.8, 4) is 23.0 Å². The maximum absolute atomic E-state index is 12.8. The van der Waals surface area contributed by atoms with E-state index >= 15 is 0 Å². The Bertz CT molecular complexity index is 1180. The number of nitrogen functional groups attached to an aromatic ring is 1. The molecule has 4 nitrogen and oxygen atoms in total. The van der Waals surface area contributed by atoms with E-state index in [0.717, 1.165) is 40.5 Å². The summed E-state index contributed by atoms with van der Waals surface area (Å²) in [7, 11) is 0. The molecule has 1 aliphatic rings. The molecule has 0 aromatic heterocycles. The Morgan fingerprint density at radius 2 is 1.62 bits per heavy atom. The number of alkyl carbamates (subject to hydrolysis) is 1. The van der Waals surface area contributed by atoms with Crippen LogP contribution in [0.1, 0.15) is 28.2 Å². The van der Waals surface area contributed by atoms with E-state index in [1.54, 1.807) is 0 Å². The van der Waals surface area contributed by atoms with Gasteiger partial charge in [-0.2, -0.15) is 13.2 Å². The van der Waals surface area contributed by atoms with Crippen LogP contribution < -0.4 is 11.1 Å². The van der Waals surface area contributed by atoms with Crippen molar-refractivity contribution in [2.24, 2.45) is 0 Å². The number of halogens is 3. The highest BCUT2D eigenvalue weighted by Crippen LogP contribution is 2.44. The van der Waals surface area contributed by atoms with Gasteiger partial charge in [0.25, 0.3) is 0 Å². The highest BCUT2D eigenvalue weighted by Gasteiger charge is 2.31. The van der Waals surface area contributed by atoms with Crippen LogP contribution in [-0.4, -0.2) is 19.2 Å². The van der Waals surface area contributed by atoms with Gasteiger partial charge in [-0.15, -0.1) is 0 Å². The van der Waals surface area contributed by atoms with Crippen molar-refractivity contribution >= 4 is 11.8 Å². The molecular formula is C25H19F3N2O2. The number of nitrogens with one attached hydrogen (secondary N) is 1. The Kier molecular flexibility index (Phi) is 5.78. The summed E-state index contributed by atoms with van der Waals surface area (Å²) < 4.78 is 43.9. The van der Waals surface area contributed by atoms with Gasteiger partial charge in [0.05, 0.1) is 12.1 Å². The second kappa shape index (κ2) is 8.67. The number of carbonyl (C=O) groups is 1. The number of benzene rings is 3. The molecule has 0 saturated heterocycles. The number of alkyl halides is 3. The summed E-state index contributed by atoms with van der Waals surface area (Å²) in [4.78, 5) is 12.1. The van der Waals surface area contributed by atoms with Crippen molar-refractivity contribution in [1.29, 1.82) is 0 Å². The average molecular weight is 436 g/mol. The van der Waals surface area contributed by atoms with Crippen molar-refractivity contribution in [2.75, 3.05) is 18.9 Å². The van der Waals surface area contributed by atoms with Gasteiger partial charge in [0, 0.05) is 17.2 Å². The minimum Gasteiger partial charge on any atom is -0.449 e. The lowest BCUT2D eigenvalue weighted by Crippen LogP contribution is -2.26. The number of fused-ring (bicyclic) bond motifs is 3. The molecule has 0 heterocycles. The van der Waals surface area contributed by atoms with Gasteiger partial charge in [-0.1, -0.05) is 60.4 Å². The molecule has 1 aliphatic carbocycles. The molecule has 1 amide bonds. The van der Waals surface area contributed by atoms with Crippen LogP contribution in [0.25, 0.3) is 11.1 Å². The molecule has 0 bridgehead atoms. The van der Waals surface area contributed by atoms with Gasteiger partial charge in [-0.25, -0.2) is 4.79 Å². The van der Waals surface area contributed by atoms with E-state index in [2.05, 4.69) is 17.2 Å². The maximum Gasteiger partial charge on any atom is 0.416 e. The average Bonchev–Trinajstić information content (AvgIpc) is 3.09. The van der Waals surface area contributed by atoms with Crippen LogP contribution in [0.4, 0.5) is 23.7 Å². The van der Waals surface area contributed by atoms with Crippen molar-refractivity contribution in [3.05, 3.63) is 89.0 Å². The summed E-state index contributed by atoms with van der Waals surface area (Å²) in [5.74, 6) is 5.10. The molecule has 0 unspecified atom stereocenters. The molecule has 3 aromatic carbocycles. The highest BCUT2D eigenvalue weighted by molar-refractivity contribution is 5.79. The monoisotopic (exact) mass is 436 g/mol. The molecule has 0 spiro atoms. The molecule has 32 heavy (non-hydrogen) atoms. The predicted octanol–water partition coefficient (Wildman–Crippen LogP) is 5.18. The van der Waals surface area contributed by atoms with Gasteiger partial charge in [0.1, 0.15) is 6.61 Å². The minimum absolute atomic E-state index is 0.0501. The third-order valence-corrected chi connectivity index (χ3v) is 5.27. The van der Waals surface area contributed by atoms with Crippen LogP contribution >= 0.6 is 0 Å². The lowest BCUT2D eigenvalue weighted by molar-refractivity contribution is -0.137. The Labute approximate surface area is 183 Å². The number of nitrogens with two attached hydrogens (primary N) is 1. The zero-order valence-electron chi connectivity index (χ0n) is 16.9. The minimum atomic E-state index is -4.48. The summed E-state index contributed by atoms with van der Waals surface area (Å²) in [5.41, 5.74) is 9.49. The highest BCUT2D eigenvalue weighted by atomic mass is 19.4. The number of carbonyl (C=O) groups excluding carboxylic acids is 1. The Morgan fingerprint density at radius 1 is 1.00 bits per heavy atom. The van der Waals surface area contributed by atoms with Crippen LogP contribution in [0, 0.1) is 11.8 Å². The van der Waals surface area contributed by atoms with E-state index in [9.17, 15) is 18.0 Å². The van der Waals surface area contributed by atoms with Crippen LogP contribution in [0.5, 0.6) is 0 Å². The quantitative estimate of drug-likeness (QED) is 0.439. The molecule has 7 heteroatoms. The summed E-state index contributed by atoms with van der Waals surface area (Å²) >= 11 is 0. The van der Waals surface area contributed by atoms with Gasteiger partial charge >= 0.3 is 12.3 Å². The fourth-order valence-corrected chi connectivity index (χ4v) is 3.75. The first kappa shape index (κ1) is 21.3. The fraction of sp³-hybridized carbons (Fsp3) is 0.160. The summed E-state index contributed by atoms with van der Waals surface area (Å²) in [6.45, 7) is 0.0697. The van der Waals surface area contributed by atoms with E-state index in [0.29, 0.717) is 0 Å². The van der Waals surface area contributed by atoms with Crippen molar-refractivity contribution < 1.29 is 22.7 Å². The van der Waals surface area contributed by atoms with Crippen molar-refractivity contribution in [2.45, 2.75) is 12.1 Å². The number of amides is 1. The fourth-order valence-electron chi connectivity index (χ4n) is 3.75. The molecule has 4 rings (SSSR count). The molecule has 0 aliphatic heterocycles. The van der Waals surface area contributed by atoms with Gasteiger partial charge in [0.2, 0.25) is 0 Å². The van der Waals surface area contributed by atoms with Gasteiger partial charge in [-0.05, 0) is 40.5 Å². The van der Waals surface area contributed by atoms with Gasteiger partial charge in [-0.3, -0.25) is 0 Å². The molecule has 162 valence electrons. The third kappa shape index (κ3) is 4.40. The van der Waals surface area contributed by atoms with Crippen LogP contribution in [0.15, 0.2) is 66.7 Å². The van der Waals surface area contributed by atoms with E-state index in [1.165, 1.54) is 0 Å². The molecule has 0 atom stereocenters. The van der Waals surface area contributed by atoms with E-state index in [-0.39, 0.29) is 30.3 Å². The molecule has 0 fully saturated rings. The summed E-state index contributed by atoms with van der Waals surface area (Å²) in [6.07, 6.45) is -5.14. The third-order valence-electron chi connectivity index (χ3n) is 5.27. The van der Waals surface area contributed by atoms with E-state index in [4.69, 9.17) is 10.5 Å². The molecule has 0 radical (unpaired) electrons. The van der Waals surface area contributed by atoms with Gasteiger partial charge < -0.3 is 15.8 Å². The van der Waals surface area contributed by atoms with E-state index < -0.39 is 17.8 Å². The molecular weight excluding hydrogens is 417 g/mol. The summed E-state index contributed by atoms with van der Waals surface area (Å²) in [6, 6.07) is 18.9. The zero-order valence-corrected chi connectivity index (χ0v) is 16.9.